The molecule has 0 saturated carbocycles. The van der Waals surface area contributed by atoms with Crippen molar-refractivity contribution >= 4 is 11.8 Å². The molecule has 0 amide bonds. The topological polar surface area (TPSA) is 23.5 Å². The highest BCUT2D eigenvalue weighted by molar-refractivity contribution is 7.99. The van der Waals surface area contributed by atoms with Gasteiger partial charge in [-0.2, -0.15) is 11.8 Å². The summed E-state index contributed by atoms with van der Waals surface area (Å²) >= 11 is 1.97. The highest BCUT2D eigenvalue weighted by atomic mass is 32.2. The lowest BCUT2D eigenvalue weighted by atomic mass is 9.99. The normalized spacial score (nSPS) is 20.1. The standard InChI is InChI=1S/C11H23NOS/c1-11-3-5-12(6-4-11)7-10-14-9-2-8-13/h11,13H,2-10H2,1H3. The highest BCUT2D eigenvalue weighted by Crippen LogP contribution is 2.16. The van der Waals surface area contributed by atoms with E-state index in [0.29, 0.717) is 6.61 Å². The van der Waals surface area contributed by atoms with Crippen molar-refractivity contribution in [3.05, 3.63) is 0 Å². The van der Waals surface area contributed by atoms with Gasteiger partial charge in [-0.25, -0.2) is 0 Å². The fourth-order valence-corrected chi connectivity index (χ4v) is 2.67. The molecule has 0 radical (unpaired) electrons. The van der Waals surface area contributed by atoms with Crippen LogP contribution in [-0.4, -0.2) is 47.8 Å². The quantitative estimate of drug-likeness (QED) is 0.687. The molecule has 0 atom stereocenters. The van der Waals surface area contributed by atoms with Crippen LogP contribution in [0.5, 0.6) is 0 Å². The average Bonchev–Trinajstić information content (AvgIpc) is 2.21. The van der Waals surface area contributed by atoms with Gasteiger partial charge < -0.3 is 10.0 Å². The van der Waals surface area contributed by atoms with Gasteiger partial charge in [0.2, 0.25) is 0 Å². The first kappa shape index (κ1) is 12.3. The molecule has 0 bridgehead atoms. The van der Waals surface area contributed by atoms with Crippen LogP contribution in [0, 0.1) is 5.92 Å². The van der Waals surface area contributed by atoms with Crippen LogP contribution >= 0.6 is 11.8 Å². The number of rotatable bonds is 6. The molecule has 1 aliphatic rings. The predicted octanol–water partition coefficient (Wildman–Crippen LogP) is 1.83. The van der Waals surface area contributed by atoms with E-state index < -0.39 is 0 Å². The third-order valence-corrected chi connectivity index (χ3v) is 3.92. The van der Waals surface area contributed by atoms with Crippen LogP contribution in [0.1, 0.15) is 26.2 Å². The maximum absolute atomic E-state index is 8.62. The average molecular weight is 217 g/mol. The molecule has 0 unspecified atom stereocenters. The Morgan fingerprint density at radius 1 is 1.29 bits per heavy atom. The largest absolute Gasteiger partial charge is 0.396 e. The Morgan fingerprint density at radius 2 is 2.00 bits per heavy atom. The van der Waals surface area contributed by atoms with E-state index in [1.807, 2.05) is 11.8 Å². The van der Waals surface area contributed by atoms with E-state index in [9.17, 15) is 0 Å². The molecule has 1 heterocycles. The van der Waals surface area contributed by atoms with Gasteiger partial charge in [-0.3, -0.25) is 0 Å². The lowest BCUT2D eigenvalue weighted by Gasteiger charge is -2.29. The maximum atomic E-state index is 8.62. The Kier molecular flexibility index (Phi) is 6.65. The summed E-state index contributed by atoms with van der Waals surface area (Å²) in [6, 6.07) is 0. The van der Waals surface area contributed by atoms with Crippen LogP contribution < -0.4 is 0 Å². The minimum absolute atomic E-state index is 0.341. The number of hydrogen-bond acceptors (Lipinski definition) is 3. The zero-order valence-corrected chi connectivity index (χ0v) is 10.1. The summed E-state index contributed by atoms with van der Waals surface area (Å²) in [5.74, 6) is 3.28. The number of piperidine rings is 1. The minimum Gasteiger partial charge on any atom is -0.396 e. The molecule has 0 spiro atoms. The van der Waals surface area contributed by atoms with Gasteiger partial charge in [-0.15, -0.1) is 0 Å². The van der Waals surface area contributed by atoms with Gasteiger partial charge in [0.25, 0.3) is 0 Å². The fourth-order valence-electron chi connectivity index (χ4n) is 1.75. The summed E-state index contributed by atoms with van der Waals surface area (Å²) in [5, 5.41) is 8.62. The molecule has 1 aliphatic heterocycles. The second kappa shape index (κ2) is 7.55. The van der Waals surface area contributed by atoms with Crippen molar-refractivity contribution in [3.63, 3.8) is 0 Å². The molecule has 1 rings (SSSR count). The molecule has 1 saturated heterocycles. The number of aliphatic hydroxyl groups excluding tert-OH is 1. The summed E-state index contributed by atoms with van der Waals surface area (Å²) < 4.78 is 0. The molecule has 0 aliphatic carbocycles. The SMILES string of the molecule is CC1CCN(CCSCCCO)CC1. The first-order chi connectivity index (χ1) is 6.83. The lowest BCUT2D eigenvalue weighted by molar-refractivity contribution is 0.203. The summed E-state index contributed by atoms with van der Waals surface area (Å²) in [4.78, 5) is 2.58. The Bertz CT molecular complexity index is 135. The molecular weight excluding hydrogens is 194 g/mol. The molecule has 14 heavy (non-hydrogen) atoms. The van der Waals surface area contributed by atoms with Crippen molar-refractivity contribution in [2.75, 3.05) is 37.7 Å². The third kappa shape index (κ3) is 5.23. The number of likely N-dealkylation sites (tertiary alicyclic amines) is 1. The molecule has 84 valence electrons. The Labute approximate surface area is 92.1 Å². The van der Waals surface area contributed by atoms with Crippen LogP contribution in [0.3, 0.4) is 0 Å². The predicted molar refractivity (Wildman–Crippen MR) is 63.9 cm³/mol. The molecule has 0 aromatic rings. The van der Waals surface area contributed by atoms with E-state index in [4.69, 9.17) is 5.11 Å². The van der Waals surface area contributed by atoms with Crippen molar-refractivity contribution in [2.45, 2.75) is 26.2 Å². The molecule has 3 heteroatoms. The van der Waals surface area contributed by atoms with Gasteiger partial charge in [-0.05, 0) is 44.0 Å². The number of nitrogens with zero attached hydrogens (tertiary/aromatic N) is 1. The molecule has 0 aromatic carbocycles. The monoisotopic (exact) mass is 217 g/mol. The fraction of sp³-hybridized carbons (Fsp3) is 1.00. The molecular formula is C11H23NOS. The van der Waals surface area contributed by atoms with Gasteiger partial charge in [0.05, 0.1) is 0 Å². The molecule has 0 aromatic heterocycles. The van der Waals surface area contributed by atoms with Crippen LogP contribution in [0.25, 0.3) is 0 Å². The van der Waals surface area contributed by atoms with Gasteiger partial charge in [0.15, 0.2) is 0 Å². The smallest absolute Gasteiger partial charge is 0.0438 e. The Morgan fingerprint density at radius 3 is 2.64 bits per heavy atom. The zero-order valence-electron chi connectivity index (χ0n) is 9.24. The van der Waals surface area contributed by atoms with Crippen molar-refractivity contribution in [2.24, 2.45) is 5.92 Å². The minimum atomic E-state index is 0.341. The highest BCUT2D eigenvalue weighted by Gasteiger charge is 2.14. The second-order valence-corrected chi connectivity index (χ2v) is 5.44. The van der Waals surface area contributed by atoms with E-state index >= 15 is 0 Å². The summed E-state index contributed by atoms with van der Waals surface area (Å²) in [6.45, 7) is 6.52. The van der Waals surface area contributed by atoms with E-state index in [2.05, 4.69) is 11.8 Å². The van der Waals surface area contributed by atoms with E-state index in [-0.39, 0.29) is 0 Å². The van der Waals surface area contributed by atoms with Crippen molar-refractivity contribution in [1.29, 1.82) is 0 Å². The first-order valence-electron chi connectivity index (χ1n) is 5.74. The summed E-state index contributed by atoms with van der Waals surface area (Å²) in [7, 11) is 0. The molecule has 1 N–H and O–H groups in total. The van der Waals surface area contributed by atoms with Crippen LogP contribution in [0.15, 0.2) is 0 Å². The van der Waals surface area contributed by atoms with Crippen molar-refractivity contribution in [1.82, 2.24) is 4.90 Å². The van der Waals surface area contributed by atoms with Crippen LogP contribution in [0.2, 0.25) is 0 Å². The van der Waals surface area contributed by atoms with Crippen LogP contribution in [0.4, 0.5) is 0 Å². The zero-order chi connectivity index (χ0) is 10.2. The van der Waals surface area contributed by atoms with Gasteiger partial charge in [0, 0.05) is 18.9 Å². The number of hydrogen-bond donors (Lipinski definition) is 1. The van der Waals surface area contributed by atoms with Crippen LogP contribution in [-0.2, 0) is 0 Å². The third-order valence-electron chi connectivity index (χ3n) is 2.87. The molecule has 1 fully saturated rings. The van der Waals surface area contributed by atoms with Crippen molar-refractivity contribution < 1.29 is 5.11 Å². The van der Waals surface area contributed by atoms with E-state index in [1.54, 1.807) is 0 Å². The lowest BCUT2D eigenvalue weighted by Crippen LogP contribution is -2.34. The first-order valence-corrected chi connectivity index (χ1v) is 6.89. The van der Waals surface area contributed by atoms with Gasteiger partial charge in [-0.1, -0.05) is 6.92 Å². The second-order valence-electron chi connectivity index (χ2n) is 4.21. The Balaban J connectivity index is 1.91. The maximum Gasteiger partial charge on any atom is 0.0438 e. The number of aliphatic hydroxyl groups is 1. The summed E-state index contributed by atoms with van der Waals surface area (Å²) in [5.41, 5.74) is 0. The van der Waals surface area contributed by atoms with E-state index in [0.717, 1.165) is 18.1 Å². The number of thioether (sulfide) groups is 1. The van der Waals surface area contributed by atoms with Gasteiger partial charge in [0.1, 0.15) is 0 Å². The summed E-state index contributed by atoms with van der Waals surface area (Å²) in [6.07, 6.45) is 3.70. The van der Waals surface area contributed by atoms with Gasteiger partial charge >= 0.3 is 0 Å². The van der Waals surface area contributed by atoms with E-state index in [1.165, 1.54) is 38.2 Å². The molecule has 2 nitrogen and oxygen atoms in total. The van der Waals surface area contributed by atoms with Crippen molar-refractivity contribution in [3.8, 4) is 0 Å². The Hall–Kier alpha value is 0.270.